The lowest BCUT2D eigenvalue weighted by Crippen LogP contribution is -1.98. The molecule has 0 bridgehead atoms. The summed E-state index contributed by atoms with van der Waals surface area (Å²) in [6, 6.07) is 11.1. The van der Waals surface area contributed by atoms with Gasteiger partial charge in [0.2, 0.25) is 0 Å². The maximum absolute atomic E-state index is 3.85. The third-order valence-corrected chi connectivity index (χ3v) is 5.52. The molecule has 19 heavy (non-hydrogen) atoms. The first-order valence-corrected chi connectivity index (χ1v) is 8.09. The third-order valence-electron chi connectivity index (χ3n) is 3.64. The van der Waals surface area contributed by atoms with E-state index in [1.807, 2.05) is 0 Å². The van der Waals surface area contributed by atoms with Gasteiger partial charge in [-0.1, -0.05) is 56.1 Å². The van der Waals surface area contributed by atoms with Crippen molar-refractivity contribution in [3.8, 4) is 0 Å². The second-order valence-electron chi connectivity index (χ2n) is 5.16. The highest BCUT2D eigenvalue weighted by Gasteiger charge is 2.14. The maximum Gasteiger partial charge on any atom is 0.0647 e. The van der Waals surface area contributed by atoms with Gasteiger partial charge in [-0.05, 0) is 67.1 Å². The van der Waals surface area contributed by atoms with Crippen LogP contribution in [0.25, 0.3) is 0 Å². The molecule has 0 spiro atoms. The Morgan fingerprint density at radius 1 is 0.789 bits per heavy atom. The monoisotopic (exact) mass is 380 g/mol. The lowest BCUT2D eigenvalue weighted by molar-refractivity contribution is 1.12. The Morgan fingerprint density at radius 2 is 1.47 bits per heavy atom. The Kier molecular flexibility index (Phi) is 4.52. The fraction of sp³-hybridized carbons (Fsp3) is 0.294. The summed E-state index contributed by atoms with van der Waals surface area (Å²) in [6.45, 7) is 8.61. The molecular formula is C17H18Br2. The summed E-state index contributed by atoms with van der Waals surface area (Å²) < 4.78 is 1.17. The van der Waals surface area contributed by atoms with Gasteiger partial charge < -0.3 is 0 Å². The minimum absolute atomic E-state index is 0.249. The normalized spacial score (nSPS) is 12.5. The van der Waals surface area contributed by atoms with Crippen LogP contribution >= 0.6 is 31.9 Å². The van der Waals surface area contributed by atoms with E-state index in [4.69, 9.17) is 0 Å². The average molecular weight is 382 g/mol. The van der Waals surface area contributed by atoms with Gasteiger partial charge in [0.05, 0.1) is 4.83 Å². The molecule has 0 amide bonds. The van der Waals surface area contributed by atoms with Gasteiger partial charge in [0.15, 0.2) is 0 Å². The Balaban J connectivity index is 2.46. The average Bonchev–Trinajstić information content (AvgIpc) is 2.36. The van der Waals surface area contributed by atoms with Crippen molar-refractivity contribution in [1.82, 2.24) is 0 Å². The second-order valence-corrected chi connectivity index (χ2v) is 6.93. The Hall–Kier alpha value is -0.600. The number of benzene rings is 2. The SMILES string of the molecule is Cc1ccc(C(Br)c2cc(C)c(Br)cc2C)cc1C. The van der Waals surface area contributed by atoms with Crippen LogP contribution in [0.3, 0.4) is 0 Å². The molecule has 0 saturated carbocycles. The molecule has 0 aliphatic carbocycles. The number of hydrogen-bond donors (Lipinski definition) is 0. The second kappa shape index (κ2) is 5.80. The Bertz CT molecular complexity index is 615. The highest BCUT2D eigenvalue weighted by molar-refractivity contribution is 9.10. The van der Waals surface area contributed by atoms with Crippen molar-refractivity contribution in [2.75, 3.05) is 0 Å². The van der Waals surface area contributed by atoms with Crippen molar-refractivity contribution >= 4 is 31.9 Å². The van der Waals surface area contributed by atoms with E-state index in [2.05, 4.69) is 89.9 Å². The topological polar surface area (TPSA) is 0 Å². The standard InChI is InChI=1S/C17H18Br2/c1-10-5-6-14(7-11(10)2)17(19)15-8-13(4)16(18)9-12(15)3/h5-9,17H,1-4H3. The number of halogens is 2. The summed E-state index contributed by atoms with van der Waals surface area (Å²) >= 11 is 7.44. The van der Waals surface area contributed by atoms with Gasteiger partial charge in [0.1, 0.15) is 0 Å². The quantitative estimate of drug-likeness (QED) is 0.546. The van der Waals surface area contributed by atoms with Gasteiger partial charge in [0, 0.05) is 4.47 Å². The first kappa shape index (κ1) is 14.8. The molecule has 0 heterocycles. The van der Waals surface area contributed by atoms with Gasteiger partial charge in [-0.3, -0.25) is 0 Å². The van der Waals surface area contributed by atoms with Crippen LogP contribution in [0, 0.1) is 27.7 Å². The molecule has 2 aromatic carbocycles. The van der Waals surface area contributed by atoms with Crippen LogP contribution in [-0.2, 0) is 0 Å². The summed E-state index contributed by atoms with van der Waals surface area (Å²) in [6.07, 6.45) is 0. The highest BCUT2D eigenvalue weighted by atomic mass is 79.9. The van der Waals surface area contributed by atoms with E-state index in [1.165, 1.54) is 37.9 Å². The highest BCUT2D eigenvalue weighted by Crippen LogP contribution is 2.35. The molecule has 0 aliphatic rings. The Morgan fingerprint density at radius 3 is 2.11 bits per heavy atom. The fourth-order valence-corrected chi connectivity index (χ4v) is 3.41. The smallest absolute Gasteiger partial charge is 0.0647 e. The summed E-state index contributed by atoms with van der Waals surface area (Å²) in [5.41, 5.74) is 7.91. The van der Waals surface area contributed by atoms with Crippen molar-refractivity contribution in [1.29, 1.82) is 0 Å². The van der Waals surface area contributed by atoms with Crippen molar-refractivity contribution in [2.24, 2.45) is 0 Å². The van der Waals surface area contributed by atoms with Crippen molar-refractivity contribution in [2.45, 2.75) is 32.5 Å². The first-order chi connectivity index (χ1) is 8.90. The molecule has 1 atom stereocenters. The minimum atomic E-state index is 0.249. The van der Waals surface area contributed by atoms with Crippen LogP contribution in [0.5, 0.6) is 0 Å². The zero-order valence-corrected chi connectivity index (χ0v) is 14.9. The fourth-order valence-electron chi connectivity index (χ4n) is 2.18. The van der Waals surface area contributed by atoms with Crippen LogP contribution in [-0.4, -0.2) is 0 Å². The zero-order chi connectivity index (χ0) is 14.2. The summed E-state index contributed by atoms with van der Waals surface area (Å²) in [5, 5.41) is 0. The maximum atomic E-state index is 3.85. The van der Waals surface area contributed by atoms with Gasteiger partial charge in [-0.25, -0.2) is 0 Å². The molecule has 0 saturated heterocycles. The minimum Gasteiger partial charge on any atom is -0.0786 e. The van der Waals surface area contributed by atoms with Crippen molar-refractivity contribution in [3.05, 3.63) is 68.2 Å². The van der Waals surface area contributed by atoms with E-state index in [-0.39, 0.29) is 4.83 Å². The van der Waals surface area contributed by atoms with Crippen molar-refractivity contribution < 1.29 is 0 Å². The molecular weight excluding hydrogens is 364 g/mol. The molecule has 0 fully saturated rings. The van der Waals surface area contributed by atoms with Gasteiger partial charge >= 0.3 is 0 Å². The van der Waals surface area contributed by atoms with E-state index in [1.54, 1.807) is 0 Å². The Labute approximate surface area is 132 Å². The van der Waals surface area contributed by atoms with E-state index in [0.29, 0.717) is 0 Å². The van der Waals surface area contributed by atoms with Crippen LogP contribution in [0.4, 0.5) is 0 Å². The molecule has 0 aromatic heterocycles. The first-order valence-electron chi connectivity index (χ1n) is 6.38. The number of aryl methyl sites for hydroxylation is 4. The number of rotatable bonds is 2. The molecule has 1 unspecified atom stereocenters. The number of alkyl halides is 1. The van der Waals surface area contributed by atoms with Gasteiger partial charge in [-0.15, -0.1) is 0 Å². The molecule has 0 radical (unpaired) electrons. The molecule has 100 valence electrons. The lowest BCUT2D eigenvalue weighted by Gasteiger charge is -2.16. The van der Waals surface area contributed by atoms with Gasteiger partial charge in [0.25, 0.3) is 0 Å². The van der Waals surface area contributed by atoms with E-state index >= 15 is 0 Å². The molecule has 2 heteroatoms. The summed E-state index contributed by atoms with van der Waals surface area (Å²) in [5.74, 6) is 0. The van der Waals surface area contributed by atoms with Gasteiger partial charge in [-0.2, -0.15) is 0 Å². The molecule has 0 N–H and O–H groups in total. The van der Waals surface area contributed by atoms with Crippen LogP contribution < -0.4 is 0 Å². The van der Waals surface area contributed by atoms with E-state index in [9.17, 15) is 0 Å². The lowest BCUT2D eigenvalue weighted by atomic mass is 9.96. The molecule has 2 aromatic rings. The van der Waals surface area contributed by atoms with E-state index < -0.39 is 0 Å². The van der Waals surface area contributed by atoms with Crippen LogP contribution in [0.2, 0.25) is 0 Å². The molecule has 2 rings (SSSR count). The predicted octanol–water partition coefficient (Wildman–Crippen LogP) is 6.17. The third kappa shape index (κ3) is 3.11. The summed E-state index contributed by atoms with van der Waals surface area (Å²) in [7, 11) is 0. The summed E-state index contributed by atoms with van der Waals surface area (Å²) in [4.78, 5) is 0.249. The van der Waals surface area contributed by atoms with E-state index in [0.717, 1.165) is 0 Å². The van der Waals surface area contributed by atoms with Crippen molar-refractivity contribution in [3.63, 3.8) is 0 Å². The number of hydrogen-bond acceptors (Lipinski definition) is 0. The zero-order valence-electron chi connectivity index (χ0n) is 11.7. The molecule has 0 aliphatic heterocycles. The predicted molar refractivity (Wildman–Crippen MR) is 90.3 cm³/mol. The van der Waals surface area contributed by atoms with Crippen LogP contribution in [0.15, 0.2) is 34.8 Å². The largest absolute Gasteiger partial charge is 0.0786 e. The molecule has 0 nitrogen and oxygen atoms in total. The van der Waals surface area contributed by atoms with Crippen LogP contribution in [0.1, 0.15) is 38.2 Å².